The number of nitrogens with two attached hydrogens (primary N) is 1. The number of amides is 1. The van der Waals surface area contributed by atoms with Gasteiger partial charge in [0.1, 0.15) is 12.4 Å². The topological polar surface area (TPSA) is 64.8 Å². The Bertz CT molecular complexity index is 452. The van der Waals surface area contributed by atoms with Crippen LogP contribution < -0.4 is 10.5 Å². The smallest absolute Gasteiger partial charge is 0.410 e. The number of methoxy groups -OCH3 is 1. The summed E-state index contributed by atoms with van der Waals surface area (Å²) in [5.41, 5.74) is 6.59. The van der Waals surface area contributed by atoms with Gasteiger partial charge in [-0.25, -0.2) is 4.79 Å². The van der Waals surface area contributed by atoms with E-state index in [0.717, 1.165) is 17.7 Å². The molecule has 1 heterocycles. The van der Waals surface area contributed by atoms with Crippen molar-refractivity contribution in [2.45, 2.75) is 24.3 Å². The van der Waals surface area contributed by atoms with Gasteiger partial charge in [-0.15, -0.1) is 0 Å². The maximum atomic E-state index is 12.0. The fraction of sp³-hybridized carbons (Fsp3) is 0.500. The second-order valence-electron chi connectivity index (χ2n) is 4.83. The predicted octanol–water partition coefficient (Wildman–Crippen LogP) is 1.66. The van der Waals surface area contributed by atoms with Gasteiger partial charge in [-0.1, -0.05) is 12.1 Å². The number of rotatable bonds is 4. The largest absolute Gasteiger partial charge is 0.497 e. The number of carbonyl (C=O) groups excluding carboxylic acids is 1. The molecule has 2 rings (SSSR count). The number of hydrogen-bond acceptors (Lipinski definition) is 5. The van der Waals surface area contributed by atoms with Crippen LogP contribution >= 0.6 is 12.6 Å². The molecule has 20 heavy (non-hydrogen) atoms. The predicted molar refractivity (Wildman–Crippen MR) is 80.1 cm³/mol. The summed E-state index contributed by atoms with van der Waals surface area (Å²) in [6.45, 7) is 1.27. The quantitative estimate of drug-likeness (QED) is 0.830. The lowest BCUT2D eigenvalue weighted by molar-refractivity contribution is 0.0932. The van der Waals surface area contributed by atoms with Gasteiger partial charge >= 0.3 is 6.09 Å². The van der Waals surface area contributed by atoms with Crippen molar-refractivity contribution >= 4 is 18.7 Å². The number of carbonyl (C=O) groups is 1. The zero-order valence-corrected chi connectivity index (χ0v) is 12.4. The van der Waals surface area contributed by atoms with Crippen LogP contribution in [0.2, 0.25) is 0 Å². The molecule has 0 bridgehead atoms. The molecule has 0 spiro atoms. The first-order valence-electron chi connectivity index (χ1n) is 6.58. The average molecular weight is 296 g/mol. The van der Waals surface area contributed by atoms with E-state index in [1.54, 1.807) is 12.0 Å². The Morgan fingerprint density at radius 3 is 2.75 bits per heavy atom. The lowest BCUT2D eigenvalue weighted by atomic mass is 10.2. The Balaban J connectivity index is 1.88. The van der Waals surface area contributed by atoms with Crippen molar-refractivity contribution in [3.8, 4) is 5.75 Å². The monoisotopic (exact) mass is 296 g/mol. The molecule has 1 amide bonds. The van der Waals surface area contributed by atoms with Crippen LogP contribution in [-0.4, -0.2) is 42.5 Å². The third-order valence-electron chi connectivity index (χ3n) is 3.42. The van der Waals surface area contributed by atoms with Gasteiger partial charge in [0.15, 0.2) is 0 Å². The highest BCUT2D eigenvalue weighted by Crippen LogP contribution is 2.22. The van der Waals surface area contributed by atoms with Crippen LogP contribution in [0, 0.1) is 0 Å². The number of likely N-dealkylation sites (tertiary alicyclic amines) is 1. The van der Waals surface area contributed by atoms with Crippen LogP contribution in [0.5, 0.6) is 5.75 Å². The van der Waals surface area contributed by atoms with Crippen molar-refractivity contribution in [3.05, 3.63) is 29.8 Å². The molecule has 1 saturated heterocycles. The van der Waals surface area contributed by atoms with Gasteiger partial charge in [0.2, 0.25) is 0 Å². The molecule has 1 aromatic rings. The number of thiol groups is 1. The number of ether oxygens (including phenoxy) is 2. The fourth-order valence-electron chi connectivity index (χ4n) is 2.29. The van der Waals surface area contributed by atoms with Gasteiger partial charge in [-0.05, 0) is 24.1 Å². The van der Waals surface area contributed by atoms with E-state index in [1.165, 1.54) is 0 Å². The molecule has 6 heteroatoms. The van der Waals surface area contributed by atoms with Crippen molar-refractivity contribution in [1.82, 2.24) is 4.90 Å². The minimum atomic E-state index is -0.326. The Morgan fingerprint density at radius 1 is 1.45 bits per heavy atom. The van der Waals surface area contributed by atoms with E-state index in [9.17, 15) is 4.79 Å². The van der Waals surface area contributed by atoms with Crippen LogP contribution in [0.4, 0.5) is 4.79 Å². The first-order valence-corrected chi connectivity index (χ1v) is 7.10. The number of hydrogen-bond donors (Lipinski definition) is 2. The fourth-order valence-corrected chi connectivity index (χ4v) is 2.71. The molecule has 110 valence electrons. The van der Waals surface area contributed by atoms with E-state index >= 15 is 0 Å². The Morgan fingerprint density at radius 2 is 2.15 bits per heavy atom. The van der Waals surface area contributed by atoms with Crippen molar-refractivity contribution in [2.75, 3.05) is 20.2 Å². The van der Waals surface area contributed by atoms with E-state index in [-0.39, 0.29) is 24.0 Å². The Hall–Kier alpha value is -1.40. The highest BCUT2D eigenvalue weighted by molar-refractivity contribution is 7.81. The normalized spacial score (nSPS) is 21.9. The van der Waals surface area contributed by atoms with Gasteiger partial charge in [0, 0.05) is 24.4 Å². The zero-order valence-electron chi connectivity index (χ0n) is 11.5. The molecule has 2 N–H and O–H groups in total. The van der Waals surface area contributed by atoms with Gasteiger partial charge in [-0.3, -0.25) is 0 Å². The lowest BCUT2D eigenvalue weighted by Gasteiger charge is -2.22. The van der Waals surface area contributed by atoms with Crippen LogP contribution in [0.1, 0.15) is 12.0 Å². The molecule has 0 radical (unpaired) electrons. The second kappa shape index (κ2) is 6.85. The van der Waals surface area contributed by atoms with Gasteiger partial charge in [-0.2, -0.15) is 12.6 Å². The molecular formula is C14H20N2O3S. The van der Waals surface area contributed by atoms with Crippen LogP contribution in [-0.2, 0) is 11.3 Å². The van der Waals surface area contributed by atoms with Gasteiger partial charge < -0.3 is 20.1 Å². The first kappa shape index (κ1) is 15.0. The molecule has 0 aliphatic carbocycles. The third kappa shape index (κ3) is 3.58. The van der Waals surface area contributed by atoms with Crippen LogP contribution in [0.15, 0.2) is 24.3 Å². The summed E-state index contributed by atoms with van der Waals surface area (Å²) in [5.74, 6) is 0.778. The molecule has 0 aromatic heterocycles. The van der Waals surface area contributed by atoms with E-state index in [1.807, 2.05) is 24.3 Å². The summed E-state index contributed by atoms with van der Waals surface area (Å²) >= 11 is 4.40. The summed E-state index contributed by atoms with van der Waals surface area (Å²) in [5, 5.41) is 0.178. The third-order valence-corrected chi connectivity index (χ3v) is 3.79. The molecule has 1 aliphatic heterocycles. The van der Waals surface area contributed by atoms with Crippen molar-refractivity contribution in [1.29, 1.82) is 0 Å². The van der Waals surface area contributed by atoms with Crippen LogP contribution in [0.25, 0.3) is 0 Å². The maximum absolute atomic E-state index is 12.0. The summed E-state index contributed by atoms with van der Waals surface area (Å²) in [6.07, 6.45) is 0.491. The average Bonchev–Trinajstić information content (AvgIpc) is 2.86. The summed E-state index contributed by atoms with van der Waals surface area (Å²) in [6, 6.07) is 7.45. The van der Waals surface area contributed by atoms with E-state index in [0.29, 0.717) is 13.1 Å². The van der Waals surface area contributed by atoms with Gasteiger partial charge in [0.05, 0.1) is 7.11 Å². The van der Waals surface area contributed by atoms with Crippen molar-refractivity contribution in [3.63, 3.8) is 0 Å². The van der Waals surface area contributed by atoms with E-state index in [2.05, 4.69) is 12.6 Å². The minimum Gasteiger partial charge on any atom is -0.497 e. The van der Waals surface area contributed by atoms with Crippen LogP contribution in [0.3, 0.4) is 0 Å². The highest BCUT2D eigenvalue weighted by atomic mass is 32.1. The molecule has 0 saturated carbocycles. The van der Waals surface area contributed by atoms with Crippen molar-refractivity contribution in [2.24, 2.45) is 5.73 Å². The Labute approximate surface area is 124 Å². The van der Waals surface area contributed by atoms with E-state index in [4.69, 9.17) is 15.2 Å². The summed E-state index contributed by atoms with van der Waals surface area (Å²) in [4.78, 5) is 13.7. The Kier molecular flexibility index (Phi) is 5.14. The standard InChI is InChI=1S/C14H20N2O3S/c1-18-12-4-2-10(3-5-12)9-19-14(17)16-8-13(20)6-11(16)7-15/h2-5,11,13,20H,6-9,15H2,1H3/t11-,13?/m0/s1. The SMILES string of the molecule is COc1ccc(COC(=O)N2CC(S)C[C@H]2CN)cc1. The lowest BCUT2D eigenvalue weighted by Crippen LogP contribution is -2.40. The number of nitrogens with zero attached hydrogens (tertiary/aromatic N) is 1. The molecular weight excluding hydrogens is 276 g/mol. The minimum absolute atomic E-state index is 0.0286. The molecule has 1 unspecified atom stereocenters. The number of benzene rings is 1. The van der Waals surface area contributed by atoms with E-state index < -0.39 is 0 Å². The van der Waals surface area contributed by atoms with Crippen molar-refractivity contribution < 1.29 is 14.3 Å². The molecule has 1 aromatic carbocycles. The first-order chi connectivity index (χ1) is 9.63. The summed E-state index contributed by atoms with van der Waals surface area (Å²) < 4.78 is 10.4. The molecule has 1 fully saturated rings. The van der Waals surface area contributed by atoms with Gasteiger partial charge in [0.25, 0.3) is 0 Å². The molecule has 2 atom stereocenters. The second-order valence-corrected chi connectivity index (χ2v) is 5.56. The molecule has 1 aliphatic rings. The zero-order chi connectivity index (χ0) is 14.5. The summed E-state index contributed by atoms with van der Waals surface area (Å²) in [7, 11) is 1.61. The highest BCUT2D eigenvalue weighted by Gasteiger charge is 2.33. The molecule has 5 nitrogen and oxygen atoms in total. The maximum Gasteiger partial charge on any atom is 0.410 e.